The van der Waals surface area contributed by atoms with Crippen molar-refractivity contribution in [3.05, 3.63) is 0 Å². The van der Waals surface area contributed by atoms with Crippen LogP contribution in [0.1, 0.15) is 59.3 Å². The van der Waals surface area contributed by atoms with Gasteiger partial charge in [-0.05, 0) is 58.3 Å². The van der Waals surface area contributed by atoms with Crippen molar-refractivity contribution in [2.45, 2.75) is 70.9 Å². The fourth-order valence-electron chi connectivity index (χ4n) is 3.63. The number of rotatable bonds is 1. The van der Waals surface area contributed by atoms with Gasteiger partial charge in [0, 0.05) is 19.1 Å². The molecule has 0 aromatic rings. The van der Waals surface area contributed by atoms with Crippen LogP contribution in [0.15, 0.2) is 0 Å². The van der Waals surface area contributed by atoms with Crippen LogP contribution in [0.4, 0.5) is 4.79 Å². The highest BCUT2D eigenvalue weighted by atomic mass is 16.6. The second-order valence-corrected chi connectivity index (χ2v) is 7.44. The molecule has 1 amide bonds. The van der Waals surface area contributed by atoms with E-state index < -0.39 is 5.60 Å². The van der Waals surface area contributed by atoms with Gasteiger partial charge in [-0.2, -0.15) is 0 Å². The third kappa shape index (κ3) is 4.11. The lowest BCUT2D eigenvalue weighted by atomic mass is 9.74. The number of hydrogen-bond donors (Lipinski definition) is 1. The molecule has 4 nitrogen and oxygen atoms in total. The predicted molar refractivity (Wildman–Crippen MR) is 80.5 cm³/mol. The number of carbonyl (C=O) groups excluding carboxylic acids is 1. The van der Waals surface area contributed by atoms with Crippen LogP contribution in [0, 0.1) is 11.8 Å². The lowest BCUT2D eigenvalue weighted by Crippen LogP contribution is -2.48. The molecule has 1 saturated carbocycles. The number of nitrogens with zero attached hydrogens (tertiary/aromatic N) is 1. The second-order valence-electron chi connectivity index (χ2n) is 7.44. The highest BCUT2D eigenvalue weighted by Crippen LogP contribution is 2.34. The molecule has 4 heteroatoms. The molecule has 0 aromatic carbocycles. The Balaban J connectivity index is 1.92. The zero-order valence-corrected chi connectivity index (χ0v) is 13.2. The first-order chi connectivity index (χ1) is 9.37. The molecule has 3 atom stereocenters. The number of hydrogen-bond acceptors (Lipinski definition) is 3. The summed E-state index contributed by atoms with van der Waals surface area (Å²) >= 11 is 0. The largest absolute Gasteiger partial charge is 0.444 e. The van der Waals surface area contributed by atoms with Crippen molar-refractivity contribution < 1.29 is 9.53 Å². The van der Waals surface area contributed by atoms with Gasteiger partial charge in [-0.3, -0.25) is 0 Å². The van der Waals surface area contributed by atoms with E-state index in [1.807, 2.05) is 25.7 Å². The number of nitrogens with two attached hydrogens (primary N) is 1. The third-order valence-corrected chi connectivity index (χ3v) is 4.59. The fraction of sp³-hybridized carbons (Fsp3) is 0.938. The highest BCUT2D eigenvalue weighted by molar-refractivity contribution is 5.68. The number of piperidine rings is 1. The van der Waals surface area contributed by atoms with Crippen LogP contribution in [-0.4, -0.2) is 35.7 Å². The summed E-state index contributed by atoms with van der Waals surface area (Å²) in [5, 5.41) is 0. The van der Waals surface area contributed by atoms with E-state index in [0.29, 0.717) is 17.9 Å². The Labute approximate surface area is 123 Å². The van der Waals surface area contributed by atoms with E-state index in [4.69, 9.17) is 10.5 Å². The molecule has 0 bridgehead atoms. The quantitative estimate of drug-likeness (QED) is 0.803. The number of ether oxygens (including phenoxy) is 1. The van der Waals surface area contributed by atoms with Gasteiger partial charge in [0.2, 0.25) is 0 Å². The summed E-state index contributed by atoms with van der Waals surface area (Å²) in [5.74, 6) is 1.15. The first kappa shape index (κ1) is 15.6. The molecule has 0 radical (unpaired) electrons. The van der Waals surface area contributed by atoms with E-state index >= 15 is 0 Å². The van der Waals surface area contributed by atoms with Crippen molar-refractivity contribution >= 4 is 6.09 Å². The Bertz CT molecular complexity index is 338. The van der Waals surface area contributed by atoms with Crippen LogP contribution in [0.25, 0.3) is 0 Å². The van der Waals surface area contributed by atoms with Crippen LogP contribution in [0.3, 0.4) is 0 Å². The smallest absolute Gasteiger partial charge is 0.410 e. The maximum Gasteiger partial charge on any atom is 0.410 e. The van der Waals surface area contributed by atoms with Gasteiger partial charge < -0.3 is 15.4 Å². The summed E-state index contributed by atoms with van der Waals surface area (Å²) in [6.07, 6.45) is 7.06. The normalized spacial score (nSPS) is 32.0. The Morgan fingerprint density at radius 3 is 2.50 bits per heavy atom. The monoisotopic (exact) mass is 282 g/mol. The van der Waals surface area contributed by atoms with E-state index in [2.05, 4.69) is 0 Å². The number of carbonyl (C=O) groups is 1. The zero-order valence-electron chi connectivity index (χ0n) is 13.2. The van der Waals surface area contributed by atoms with E-state index in [1.165, 1.54) is 25.7 Å². The average Bonchev–Trinajstić information content (AvgIpc) is 2.37. The van der Waals surface area contributed by atoms with Crippen LogP contribution in [-0.2, 0) is 4.74 Å². The summed E-state index contributed by atoms with van der Waals surface area (Å²) in [5.41, 5.74) is 5.89. The maximum absolute atomic E-state index is 12.2. The van der Waals surface area contributed by atoms with Crippen LogP contribution >= 0.6 is 0 Å². The summed E-state index contributed by atoms with van der Waals surface area (Å²) in [7, 11) is 0. The minimum absolute atomic E-state index is 0.161. The van der Waals surface area contributed by atoms with E-state index in [0.717, 1.165) is 25.9 Å². The molecule has 3 unspecified atom stereocenters. The number of likely N-dealkylation sites (tertiary alicyclic amines) is 1. The predicted octanol–water partition coefficient (Wildman–Crippen LogP) is 3.15. The van der Waals surface area contributed by atoms with Gasteiger partial charge in [-0.1, -0.05) is 12.8 Å². The highest BCUT2D eigenvalue weighted by Gasteiger charge is 2.35. The van der Waals surface area contributed by atoms with Gasteiger partial charge in [-0.15, -0.1) is 0 Å². The molecule has 116 valence electrons. The lowest BCUT2D eigenvalue weighted by Gasteiger charge is -2.41. The average molecular weight is 282 g/mol. The Morgan fingerprint density at radius 1 is 1.15 bits per heavy atom. The standard InChI is InChI=1S/C16H30N2O2/c1-16(2,3)20-15(19)18-10-6-7-12(11-18)13-8-4-5-9-14(13)17/h12-14H,4-11,17H2,1-3H3. The second kappa shape index (κ2) is 6.33. The molecule has 1 saturated heterocycles. The molecule has 2 aliphatic rings. The molecule has 2 fully saturated rings. The van der Waals surface area contributed by atoms with Gasteiger partial charge >= 0.3 is 6.09 Å². The van der Waals surface area contributed by atoms with Gasteiger partial charge in [0.25, 0.3) is 0 Å². The van der Waals surface area contributed by atoms with Gasteiger partial charge in [0.15, 0.2) is 0 Å². The van der Waals surface area contributed by atoms with Crippen molar-refractivity contribution in [2.75, 3.05) is 13.1 Å². The van der Waals surface area contributed by atoms with Crippen molar-refractivity contribution in [1.82, 2.24) is 4.90 Å². The Kier molecular flexibility index (Phi) is 4.95. The maximum atomic E-state index is 12.2. The molecule has 1 heterocycles. The topological polar surface area (TPSA) is 55.6 Å². The van der Waals surface area contributed by atoms with E-state index in [-0.39, 0.29) is 6.09 Å². The van der Waals surface area contributed by atoms with Crippen LogP contribution < -0.4 is 5.73 Å². The molecular weight excluding hydrogens is 252 g/mol. The molecule has 20 heavy (non-hydrogen) atoms. The Hall–Kier alpha value is -0.770. The molecular formula is C16H30N2O2. The minimum Gasteiger partial charge on any atom is -0.444 e. The molecule has 1 aliphatic carbocycles. The van der Waals surface area contributed by atoms with Gasteiger partial charge in [-0.25, -0.2) is 4.79 Å². The molecule has 2 rings (SSSR count). The van der Waals surface area contributed by atoms with Gasteiger partial charge in [0.05, 0.1) is 0 Å². The summed E-state index contributed by atoms with van der Waals surface area (Å²) in [6, 6.07) is 0.326. The molecule has 0 spiro atoms. The number of amides is 1. The van der Waals surface area contributed by atoms with E-state index in [1.54, 1.807) is 0 Å². The summed E-state index contributed by atoms with van der Waals surface area (Å²) in [4.78, 5) is 14.1. The Morgan fingerprint density at radius 2 is 1.85 bits per heavy atom. The fourth-order valence-corrected chi connectivity index (χ4v) is 3.63. The third-order valence-electron chi connectivity index (χ3n) is 4.59. The minimum atomic E-state index is -0.411. The van der Waals surface area contributed by atoms with Crippen LogP contribution in [0.2, 0.25) is 0 Å². The summed E-state index contributed by atoms with van der Waals surface area (Å²) < 4.78 is 5.50. The first-order valence-electron chi connectivity index (χ1n) is 8.10. The zero-order chi connectivity index (χ0) is 14.8. The lowest BCUT2D eigenvalue weighted by molar-refractivity contribution is 0.0103. The van der Waals surface area contributed by atoms with Crippen molar-refractivity contribution in [3.63, 3.8) is 0 Å². The SMILES string of the molecule is CC(C)(C)OC(=O)N1CCCC(C2CCCCC2N)C1. The van der Waals surface area contributed by atoms with Crippen molar-refractivity contribution in [1.29, 1.82) is 0 Å². The van der Waals surface area contributed by atoms with Crippen LogP contribution in [0.5, 0.6) is 0 Å². The summed E-state index contributed by atoms with van der Waals surface area (Å²) in [6.45, 7) is 7.41. The van der Waals surface area contributed by atoms with Crippen molar-refractivity contribution in [3.8, 4) is 0 Å². The molecule has 2 N–H and O–H groups in total. The molecule has 1 aliphatic heterocycles. The first-order valence-corrected chi connectivity index (χ1v) is 8.10. The van der Waals surface area contributed by atoms with E-state index in [9.17, 15) is 4.79 Å². The molecule has 0 aromatic heterocycles. The van der Waals surface area contributed by atoms with Crippen molar-refractivity contribution in [2.24, 2.45) is 17.6 Å². The van der Waals surface area contributed by atoms with Gasteiger partial charge in [0.1, 0.15) is 5.60 Å².